The number of rotatable bonds is 5. The fourth-order valence-electron chi connectivity index (χ4n) is 4.99. The highest BCUT2D eigenvalue weighted by molar-refractivity contribution is 6.31. The van der Waals surface area contributed by atoms with Crippen molar-refractivity contribution in [2.75, 3.05) is 31.2 Å². The predicted octanol–water partition coefficient (Wildman–Crippen LogP) is 2.94. The number of amides is 1. The molecule has 0 saturated carbocycles. The second kappa shape index (κ2) is 8.26. The molecule has 0 aliphatic carbocycles. The summed E-state index contributed by atoms with van der Waals surface area (Å²) in [6.45, 7) is 3.47. The standard InChI is InChI=1S/C23H25ClFN5O2/c24-16-2-7-19-20(14-16)29(22(32)27-19)11-1-10-28-12-8-23(9-13-28)21(31)26-15-30(23)18-5-3-17(25)4-6-18/h2-7,14H,1,8-13,15H2,(H,26,31)(H,27,32). The monoisotopic (exact) mass is 457 g/mol. The summed E-state index contributed by atoms with van der Waals surface area (Å²) in [6.07, 6.45) is 2.23. The Bertz CT molecular complexity index is 1200. The summed E-state index contributed by atoms with van der Waals surface area (Å²) < 4.78 is 15.1. The molecule has 9 heteroatoms. The number of H-pyrrole nitrogens is 1. The smallest absolute Gasteiger partial charge is 0.326 e. The lowest BCUT2D eigenvalue weighted by Gasteiger charge is -2.43. The number of hydrogen-bond donors (Lipinski definition) is 2. The van der Waals surface area contributed by atoms with Crippen LogP contribution >= 0.6 is 11.6 Å². The van der Waals surface area contributed by atoms with Crippen molar-refractivity contribution in [3.05, 3.63) is 63.8 Å². The number of carbonyl (C=O) groups is 1. The summed E-state index contributed by atoms with van der Waals surface area (Å²) in [4.78, 5) is 32.4. The van der Waals surface area contributed by atoms with Crippen LogP contribution in [0.4, 0.5) is 10.1 Å². The SMILES string of the molecule is O=C1NCN(c2ccc(F)cc2)C12CCN(CCCn1c(=O)[nH]c3ccc(Cl)cc31)CC2. The van der Waals surface area contributed by atoms with Gasteiger partial charge in [0, 0.05) is 30.3 Å². The number of aryl methyl sites for hydroxylation is 1. The molecule has 3 aromatic rings. The zero-order chi connectivity index (χ0) is 22.3. The van der Waals surface area contributed by atoms with Crippen molar-refractivity contribution in [3.8, 4) is 0 Å². The third-order valence-corrected chi connectivity index (χ3v) is 6.99. The van der Waals surface area contributed by atoms with E-state index in [-0.39, 0.29) is 17.4 Å². The van der Waals surface area contributed by atoms with E-state index in [1.54, 1.807) is 22.8 Å². The van der Waals surface area contributed by atoms with Crippen molar-refractivity contribution in [2.45, 2.75) is 31.3 Å². The van der Waals surface area contributed by atoms with Crippen LogP contribution < -0.4 is 15.9 Å². The Balaban J connectivity index is 1.22. The van der Waals surface area contributed by atoms with Gasteiger partial charge in [-0.3, -0.25) is 9.36 Å². The fraction of sp³-hybridized carbons (Fsp3) is 0.391. The molecule has 0 radical (unpaired) electrons. The summed E-state index contributed by atoms with van der Waals surface area (Å²) in [5.41, 5.74) is 1.75. The van der Waals surface area contributed by atoms with Gasteiger partial charge < -0.3 is 20.1 Å². The Hall–Kier alpha value is -2.84. The van der Waals surface area contributed by atoms with Gasteiger partial charge >= 0.3 is 5.69 Å². The number of nitrogens with zero attached hydrogens (tertiary/aromatic N) is 3. The molecule has 5 rings (SSSR count). The maximum atomic E-state index is 13.3. The lowest BCUT2D eigenvalue weighted by atomic mass is 9.85. The van der Waals surface area contributed by atoms with Crippen molar-refractivity contribution in [1.82, 2.24) is 19.8 Å². The van der Waals surface area contributed by atoms with Gasteiger partial charge in [-0.2, -0.15) is 0 Å². The van der Waals surface area contributed by atoms with E-state index in [0.29, 0.717) is 31.1 Å². The van der Waals surface area contributed by atoms with Crippen LogP contribution in [0, 0.1) is 5.82 Å². The van der Waals surface area contributed by atoms with Gasteiger partial charge in [0.05, 0.1) is 17.7 Å². The zero-order valence-electron chi connectivity index (χ0n) is 17.6. The quantitative estimate of drug-likeness (QED) is 0.618. The van der Waals surface area contributed by atoms with Crippen molar-refractivity contribution < 1.29 is 9.18 Å². The minimum Gasteiger partial charge on any atom is -0.339 e. The van der Waals surface area contributed by atoms with Crippen LogP contribution in [0.25, 0.3) is 11.0 Å². The molecule has 1 spiro atoms. The minimum atomic E-state index is -0.584. The van der Waals surface area contributed by atoms with Gasteiger partial charge in [0.1, 0.15) is 11.4 Å². The number of aromatic amines is 1. The van der Waals surface area contributed by atoms with Gasteiger partial charge in [-0.1, -0.05) is 11.6 Å². The number of imidazole rings is 1. The van der Waals surface area contributed by atoms with Gasteiger partial charge in [0.15, 0.2) is 0 Å². The summed E-state index contributed by atoms with van der Waals surface area (Å²) in [5, 5.41) is 3.57. The molecular weight excluding hydrogens is 433 g/mol. The van der Waals surface area contributed by atoms with Crippen LogP contribution in [0.5, 0.6) is 0 Å². The Morgan fingerprint density at radius 3 is 2.53 bits per heavy atom. The molecule has 0 bridgehead atoms. The molecule has 3 heterocycles. The van der Waals surface area contributed by atoms with E-state index in [0.717, 1.165) is 42.8 Å². The van der Waals surface area contributed by atoms with E-state index in [2.05, 4.69) is 20.1 Å². The number of anilines is 1. The minimum absolute atomic E-state index is 0.0451. The maximum Gasteiger partial charge on any atom is 0.326 e. The molecule has 2 N–H and O–H groups in total. The van der Waals surface area contributed by atoms with Gasteiger partial charge in [-0.15, -0.1) is 0 Å². The first-order chi connectivity index (χ1) is 15.5. The molecule has 2 aliphatic rings. The normalized spacial score (nSPS) is 18.6. The van der Waals surface area contributed by atoms with Crippen molar-refractivity contribution in [2.24, 2.45) is 0 Å². The van der Waals surface area contributed by atoms with E-state index >= 15 is 0 Å². The second-order valence-corrected chi connectivity index (χ2v) is 8.97. The first-order valence-electron chi connectivity index (χ1n) is 10.9. The first kappa shape index (κ1) is 21.0. The van der Waals surface area contributed by atoms with Crippen LogP contribution in [0.15, 0.2) is 47.3 Å². The van der Waals surface area contributed by atoms with E-state index in [4.69, 9.17) is 11.6 Å². The molecule has 2 aromatic carbocycles. The van der Waals surface area contributed by atoms with E-state index in [1.807, 2.05) is 12.1 Å². The molecular formula is C23H25ClFN5O2. The zero-order valence-corrected chi connectivity index (χ0v) is 18.4. The molecule has 7 nitrogen and oxygen atoms in total. The largest absolute Gasteiger partial charge is 0.339 e. The highest BCUT2D eigenvalue weighted by Gasteiger charge is 2.50. The lowest BCUT2D eigenvalue weighted by Crippen LogP contribution is -2.56. The third-order valence-electron chi connectivity index (χ3n) is 6.75. The molecule has 168 valence electrons. The van der Waals surface area contributed by atoms with Crippen molar-refractivity contribution >= 4 is 34.2 Å². The van der Waals surface area contributed by atoms with Crippen LogP contribution in [0.3, 0.4) is 0 Å². The summed E-state index contributed by atoms with van der Waals surface area (Å²) >= 11 is 6.10. The molecule has 32 heavy (non-hydrogen) atoms. The first-order valence-corrected chi connectivity index (χ1v) is 11.3. The summed E-state index contributed by atoms with van der Waals surface area (Å²) in [6, 6.07) is 11.7. The molecule has 0 atom stereocenters. The number of hydrogen-bond acceptors (Lipinski definition) is 4. The average molecular weight is 458 g/mol. The second-order valence-electron chi connectivity index (χ2n) is 8.54. The van der Waals surface area contributed by atoms with E-state index in [1.165, 1.54) is 12.1 Å². The number of benzene rings is 2. The summed E-state index contributed by atoms with van der Waals surface area (Å²) in [7, 11) is 0. The Labute approximate surface area is 189 Å². The lowest BCUT2D eigenvalue weighted by molar-refractivity contribution is -0.125. The van der Waals surface area contributed by atoms with Crippen LogP contribution in [0.1, 0.15) is 19.3 Å². The Kier molecular flexibility index (Phi) is 5.43. The molecule has 2 fully saturated rings. The van der Waals surface area contributed by atoms with Crippen LogP contribution in [0.2, 0.25) is 5.02 Å². The third kappa shape index (κ3) is 3.67. The number of carbonyl (C=O) groups excluding carboxylic acids is 1. The number of likely N-dealkylation sites (tertiary alicyclic amines) is 1. The van der Waals surface area contributed by atoms with Crippen molar-refractivity contribution in [3.63, 3.8) is 0 Å². The number of piperidine rings is 1. The predicted molar refractivity (Wildman–Crippen MR) is 122 cm³/mol. The van der Waals surface area contributed by atoms with Gasteiger partial charge in [-0.05, 0) is 68.3 Å². The molecule has 1 aromatic heterocycles. The number of nitrogens with one attached hydrogen (secondary N) is 2. The van der Waals surface area contributed by atoms with Gasteiger partial charge in [-0.25, -0.2) is 9.18 Å². The topological polar surface area (TPSA) is 73.4 Å². The number of halogens is 2. The van der Waals surface area contributed by atoms with E-state index in [9.17, 15) is 14.0 Å². The molecule has 2 aliphatic heterocycles. The molecule has 1 amide bonds. The number of aromatic nitrogens is 2. The van der Waals surface area contributed by atoms with Crippen LogP contribution in [-0.2, 0) is 11.3 Å². The Morgan fingerprint density at radius 2 is 1.78 bits per heavy atom. The van der Waals surface area contributed by atoms with E-state index < -0.39 is 5.54 Å². The number of fused-ring (bicyclic) bond motifs is 1. The van der Waals surface area contributed by atoms with Crippen molar-refractivity contribution in [1.29, 1.82) is 0 Å². The van der Waals surface area contributed by atoms with Crippen LogP contribution in [-0.4, -0.2) is 52.2 Å². The van der Waals surface area contributed by atoms with Gasteiger partial charge in [0.2, 0.25) is 5.91 Å². The fourth-order valence-corrected chi connectivity index (χ4v) is 5.16. The molecule has 0 unspecified atom stereocenters. The summed E-state index contributed by atoms with van der Waals surface area (Å²) in [5.74, 6) is -0.239. The molecule has 2 saturated heterocycles. The Morgan fingerprint density at radius 1 is 1.03 bits per heavy atom. The maximum absolute atomic E-state index is 13.3. The highest BCUT2D eigenvalue weighted by atomic mass is 35.5. The van der Waals surface area contributed by atoms with Gasteiger partial charge in [0.25, 0.3) is 0 Å². The average Bonchev–Trinajstić information content (AvgIpc) is 3.27. The highest BCUT2D eigenvalue weighted by Crippen LogP contribution is 2.36.